The van der Waals surface area contributed by atoms with E-state index in [0.29, 0.717) is 16.8 Å². The lowest BCUT2D eigenvalue weighted by Gasteiger charge is -2.37. The van der Waals surface area contributed by atoms with Crippen molar-refractivity contribution in [1.82, 2.24) is 10.2 Å². The highest BCUT2D eigenvalue weighted by atomic mass is 35.5. The monoisotopic (exact) mass is 433 g/mol. The largest absolute Gasteiger partial charge is 0.367 e. The molecule has 0 unspecified atom stereocenters. The minimum absolute atomic E-state index is 0.172. The van der Waals surface area contributed by atoms with Crippen LogP contribution >= 0.6 is 11.6 Å². The molecule has 1 amide bonds. The van der Waals surface area contributed by atoms with Gasteiger partial charge in [-0.15, -0.1) is 0 Å². The molecule has 0 bridgehead atoms. The lowest BCUT2D eigenvalue weighted by atomic mass is 9.84. The van der Waals surface area contributed by atoms with Crippen molar-refractivity contribution in [2.75, 3.05) is 37.6 Å². The summed E-state index contributed by atoms with van der Waals surface area (Å²) in [6.45, 7) is 4.77. The summed E-state index contributed by atoms with van der Waals surface area (Å²) in [6.07, 6.45) is 11.1. The third kappa shape index (κ3) is 5.55. The molecule has 2 aliphatic carbocycles. The second-order valence-electron chi connectivity index (χ2n) is 9.03. The van der Waals surface area contributed by atoms with Crippen molar-refractivity contribution in [3.63, 3.8) is 0 Å². The molecule has 30 heavy (non-hydrogen) atoms. The Morgan fingerprint density at radius 3 is 2.57 bits per heavy atom. The van der Waals surface area contributed by atoms with E-state index in [9.17, 15) is 9.18 Å². The number of hydrogen-bond acceptors (Lipinski definition) is 3. The third-order valence-electron chi connectivity index (χ3n) is 6.99. The fourth-order valence-electron chi connectivity index (χ4n) is 5.07. The van der Waals surface area contributed by atoms with Crippen molar-refractivity contribution in [2.45, 2.75) is 57.4 Å². The molecule has 1 saturated carbocycles. The Morgan fingerprint density at radius 1 is 1.13 bits per heavy atom. The van der Waals surface area contributed by atoms with Gasteiger partial charge >= 0.3 is 0 Å². The zero-order valence-corrected chi connectivity index (χ0v) is 18.5. The molecule has 1 heterocycles. The highest BCUT2D eigenvalue weighted by molar-refractivity contribution is 6.30. The SMILES string of the molecule is O=C(N[C@H]1CC[C@H](CCN2CCN(c3ccc(Cl)cc3F)CC2)CC1)C1=CCCC1. The molecule has 2 fully saturated rings. The molecule has 6 heteroatoms. The Balaban J connectivity index is 1.14. The van der Waals surface area contributed by atoms with Crippen LogP contribution in [0.25, 0.3) is 0 Å². The van der Waals surface area contributed by atoms with Gasteiger partial charge in [-0.2, -0.15) is 0 Å². The number of amides is 1. The molecular formula is C24H33ClFN3O. The van der Waals surface area contributed by atoms with Gasteiger partial charge in [-0.25, -0.2) is 4.39 Å². The molecule has 4 rings (SSSR count). The zero-order valence-electron chi connectivity index (χ0n) is 17.7. The number of anilines is 1. The van der Waals surface area contributed by atoms with Crippen LogP contribution in [0.4, 0.5) is 10.1 Å². The number of benzene rings is 1. The molecule has 1 aromatic rings. The molecule has 0 spiro atoms. The van der Waals surface area contributed by atoms with Gasteiger partial charge in [0.2, 0.25) is 5.91 Å². The predicted molar refractivity (Wildman–Crippen MR) is 121 cm³/mol. The van der Waals surface area contributed by atoms with E-state index < -0.39 is 0 Å². The Bertz CT molecular complexity index is 768. The van der Waals surface area contributed by atoms with Crippen molar-refractivity contribution in [2.24, 2.45) is 5.92 Å². The van der Waals surface area contributed by atoms with E-state index in [4.69, 9.17) is 11.6 Å². The highest BCUT2D eigenvalue weighted by Crippen LogP contribution is 2.29. The molecule has 0 aromatic heterocycles. The number of nitrogens with zero attached hydrogens (tertiary/aromatic N) is 2. The van der Waals surface area contributed by atoms with Crippen molar-refractivity contribution in [1.29, 1.82) is 0 Å². The van der Waals surface area contributed by atoms with Gasteiger partial charge in [-0.1, -0.05) is 17.7 Å². The summed E-state index contributed by atoms with van der Waals surface area (Å²) in [5.41, 5.74) is 1.66. The molecule has 0 radical (unpaired) electrons. The molecule has 4 nitrogen and oxygen atoms in total. The molecule has 1 saturated heterocycles. The first-order valence-corrected chi connectivity index (χ1v) is 11.9. The normalized spacial score (nSPS) is 25.3. The smallest absolute Gasteiger partial charge is 0.247 e. The number of halogens is 2. The quantitative estimate of drug-likeness (QED) is 0.701. The van der Waals surface area contributed by atoms with Crippen LogP contribution in [0.2, 0.25) is 5.02 Å². The van der Waals surface area contributed by atoms with Gasteiger partial charge in [0.25, 0.3) is 0 Å². The van der Waals surface area contributed by atoms with Crippen molar-refractivity contribution in [3.8, 4) is 0 Å². The maximum atomic E-state index is 14.2. The molecule has 1 N–H and O–H groups in total. The maximum absolute atomic E-state index is 14.2. The van der Waals surface area contributed by atoms with Crippen LogP contribution < -0.4 is 10.2 Å². The Hall–Kier alpha value is -1.59. The van der Waals surface area contributed by atoms with Gasteiger partial charge in [0.15, 0.2) is 0 Å². The van der Waals surface area contributed by atoms with Crippen LogP contribution in [0.5, 0.6) is 0 Å². The van der Waals surface area contributed by atoms with Gasteiger partial charge in [0, 0.05) is 42.8 Å². The number of nitrogens with one attached hydrogen (secondary N) is 1. The van der Waals surface area contributed by atoms with Crippen LogP contribution in [-0.2, 0) is 4.79 Å². The van der Waals surface area contributed by atoms with E-state index in [2.05, 4.69) is 21.2 Å². The number of hydrogen-bond donors (Lipinski definition) is 1. The Kier molecular flexibility index (Phi) is 7.32. The topological polar surface area (TPSA) is 35.6 Å². The number of allylic oxidation sites excluding steroid dienone is 1. The summed E-state index contributed by atoms with van der Waals surface area (Å²) in [5.74, 6) is 0.700. The number of piperazine rings is 1. The van der Waals surface area contributed by atoms with Crippen LogP contribution in [0.15, 0.2) is 29.8 Å². The summed E-state index contributed by atoms with van der Waals surface area (Å²) in [4.78, 5) is 16.9. The van der Waals surface area contributed by atoms with Crippen molar-refractivity contribution < 1.29 is 9.18 Å². The minimum Gasteiger partial charge on any atom is -0.367 e. The first-order chi connectivity index (χ1) is 14.6. The molecule has 1 aliphatic heterocycles. The summed E-state index contributed by atoms with van der Waals surface area (Å²) in [7, 11) is 0. The van der Waals surface area contributed by atoms with Gasteiger partial charge in [0.05, 0.1) is 5.69 Å². The third-order valence-corrected chi connectivity index (χ3v) is 7.23. The van der Waals surface area contributed by atoms with Gasteiger partial charge < -0.3 is 10.2 Å². The predicted octanol–water partition coefficient (Wildman–Crippen LogP) is 4.78. The standard InChI is InChI=1S/C24H33ClFN3O/c25-20-7-10-23(22(26)17-20)29-15-13-28(14-16-29)12-11-18-5-8-21(9-6-18)27-24(30)19-3-1-2-4-19/h3,7,10,17-18,21H,1-2,4-6,8-9,11-16H2,(H,27,30)/t18-,21-. The second-order valence-corrected chi connectivity index (χ2v) is 9.46. The molecular weight excluding hydrogens is 401 g/mol. The van der Waals surface area contributed by atoms with Gasteiger partial charge in [0.1, 0.15) is 5.82 Å². The minimum atomic E-state index is -0.232. The summed E-state index contributed by atoms with van der Waals surface area (Å²) < 4.78 is 14.2. The van der Waals surface area contributed by atoms with E-state index in [1.165, 1.54) is 25.3 Å². The number of carbonyl (C=O) groups is 1. The van der Waals surface area contributed by atoms with E-state index in [1.807, 2.05) is 0 Å². The summed E-state index contributed by atoms with van der Waals surface area (Å²) in [5, 5.41) is 3.70. The Morgan fingerprint density at radius 2 is 1.90 bits per heavy atom. The lowest BCUT2D eigenvalue weighted by Crippen LogP contribution is -2.47. The molecule has 0 atom stereocenters. The van der Waals surface area contributed by atoms with Crippen LogP contribution in [0, 0.1) is 11.7 Å². The summed E-state index contributed by atoms with van der Waals surface area (Å²) >= 11 is 5.87. The van der Waals surface area contributed by atoms with Gasteiger partial charge in [-0.3, -0.25) is 9.69 Å². The molecule has 1 aromatic carbocycles. The van der Waals surface area contributed by atoms with Gasteiger partial charge in [-0.05, 0) is 82.0 Å². The van der Waals surface area contributed by atoms with Crippen LogP contribution in [-0.4, -0.2) is 49.6 Å². The number of rotatable bonds is 6. The first kappa shape index (κ1) is 21.6. The maximum Gasteiger partial charge on any atom is 0.247 e. The van der Waals surface area contributed by atoms with E-state index in [1.54, 1.807) is 12.1 Å². The zero-order chi connectivity index (χ0) is 20.9. The van der Waals surface area contributed by atoms with E-state index >= 15 is 0 Å². The fourth-order valence-corrected chi connectivity index (χ4v) is 5.22. The molecule has 3 aliphatic rings. The molecule has 164 valence electrons. The highest BCUT2D eigenvalue weighted by Gasteiger charge is 2.25. The van der Waals surface area contributed by atoms with Crippen LogP contribution in [0.1, 0.15) is 51.4 Å². The van der Waals surface area contributed by atoms with Crippen molar-refractivity contribution in [3.05, 3.63) is 40.7 Å². The van der Waals surface area contributed by atoms with E-state index in [-0.39, 0.29) is 11.7 Å². The summed E-state index contributed by atoms with van der Waals surface area (Å²) in [6, 6.07) is 5.30. The average molecular weight is 434 g/mol. The fraction of sp³-hybridized carbons (Fsp3) is 0.625. The van der Waals surface area contributed by atoms with Crippen LogP contribution in [0.3, 0.4) is 0 Å². The second kappa shape index (κ2) is 10.1. The van der Waals surface area contributed by atoms with E-state index in [0.717, 1.165) is 76.3 Å². The first-order valence-electron chi connectivity index (χ1n) is 11.5. The number of carbonyl (C=O) groups excluding carboxylic acids is 1. The van der Waals surface area contributed by atoms with Crippen molar-refractivity contribution >= 4 is 23.2 Å². The average Bonchev–Trinajstić information content (AvgIpc) is 3.29. The lowest BCUT2D eigenvalue weighted by molar-refractivity contribution is -0.118. The Labute approximate surface area is 184 Å².